The van der Waals surface area contributed by atoms with Gasteiger partial charge in [-0.15, -0.1) is 13.2 Å². The second-order valence-electron chi connectivity index (χ2n) is 3.69. The summed E-state index contributed by atoms with van der Waals surface area (Å²) in [4.78, 5) is 2.42. The molecule has 13 heavy (non-hydrogen) atoms. The molecule has 0 fully saturated rings. The van der Waals surface area contributed by atoms with Crippen LogP contribution < -0.4 is 0 Å². The molecular formula is C12H23N. The van der Waals surface area contributed by atoms with Crippen molar-refractivity contribution in [3.05, 3.63) is 25.3 Å². The van der Waals surface area contributed by atoms with Crippen LogP contribution >= 0.6 is 0 Å². The molecular weight excluding hydrogens is 158 g/mol. The van der Waals surface area contributed by atoms with Gasteiger partial charge in [-0.2, -0.15) is 0 Å². The number of hydrogen-bond acceptors (Lipinski definition) is 1. The molecule has 0 aromatic carbocycles. The fourth-order valence-electron chi connectivity index (χ4n) is 1.52. The Balaban J connectivity index is 4.45. The molecule has 0 aliphatic carbocycles. The summed E-state index contributed by atoms with van der Waals surface area (Å²) < 4.78 is 0. The maximum Gasteiger partial charge on any atom is 0.0182 e. The lowest BCUT2D eigenvalue weighted by molar-refractivity contribution is 0.124. The third-order valence-corrected chi connectivity index (χ3v) is 2.99. The van der Waals surface area contributed by atoms with Crippen LogP contribution in [-0.2, 0) is 0 Å². The van der Waals surface area contributed by atoms with E-state index in [0.717, 1.165) is 13.1 Å². The highest BCUT2D eigenvalue weighted by Crippen LogP contribution is 2.22. The van der Waals surface area contributed by atoms with Crippen LogP contribution in [0.25, 0.3) is 0 Å². The summed E-state index contributed by atoms with van der Waals surface area (Å²) in [5.74, 6) is 0. The largest absolute Gasteiger partial charge is 0.291 e. The van der Waals surface area contributed by atoms with Crippen molar-refractivity contribution in [1.29, 1.82) is 0 Å². The molecule has 0 aliphatic rings. The standard InChI is InChI=1S/C12H23N/c1-6-10-13(11-7-2)12(5,8-3)9-4/h6-7H,1-2,8-11H2,3-5H3. The quantitative estimate of drug-likeness (QED) is 0.545. The van der Waals surface area contributed by atoms with Crippen LogP contribution in [0.4, 0.5) is 0 Å². The molecule has 0 aliphatic heterocycles. The van der Waals surface area contributed by atoms with E-state index in [1.807, 2.05) is 12.2 Å². The average molecular weight is 181 g/mol. The minimum Gasteiger partial charge on any atom is -0.291 e. The first-order valence-electron chi connectivity index (χ1n) is 5.11. The van der Waals surface area contributed by atoms with E-state index in [0.29, 0.717) is 5.54 Å². The Morgan fingerprint density at radius 2 is 1.46 bits per heavy atom. The highest BCUT2D eigenvalue weighted by Gasteiger charge is 2.25. The van der Waals surface area contributed by atoms with Crippen LogP contribution in [0.15, 0.2) is 25.3 Å². The van der Waals surface area contributed by atoms with Crippen molar-refractivity contribution in [2.24, 2.45) is 0 Å². The summed E-state index contributed by atoms with van der Waals surface area (Å²) in [5.41, 5.74) is 0.294. The molecule has 0 heterocycles. The Bertz CT molecular complexity index is 147. The molecule has 0 aromatic heterocycles. The van der Waals surface area contributed by atoms with Crippen LogP contribution in [0, 0.1) is 0 Å². The van der Waals surface area contributed by atoms with Gasteiger partial charge in [0.25, 0.3) is 0 Å². The van der Waals surface area contributed by atoms with Crippen LogP contribution in [0.5, 0.6) is 0 Å². The van der Waals surface area contributed by atoms with Crippen molar-refractivity contribution in [2.45, 2.75) is 39.2 Å². The SMILES string of the molecule is C=CCN(CC=C)C(C)(CC)CC. The molecule has 0 N–H and O–H groups in total. The Morgan fingerprint density at radius 3 is 1.69 bits per heavy atom. The maximum atomic E-state index is 3.79. The Kier molecular flexibility index (Phi) is 5.72. The molecule has 1 heteroatoms. The molecule has 0 atom stereocenters. The zero-order valence-corrected chi connectivity index (χ0v) is 9.34. The van der Waals surface area contributed by atoms with Crippen molar-refractivity contribution in [1.82, 2.24) is 4.90 Å². The van der Waals surface area contributed by atoms with Crippen molar-refractivity contribution < 1.29 is 0 Å². The first-order chi connectivity index (χ1) is 6.14. The number of hydrogen-bond donors (Lipinski definition) is 0. The van der Waals surface area contributed by atoms with Gasteiger partial charge < -0.3 is 0 Å². The fourth-order valence-corrected chi connectivity index (χ4v) is 1.52. The van der Waals surface area contributed by atoms with Gasteiger partial charge in [-0.05, 0) is 19.8 Å². The lowest BCUT2D eigenvalue weighted by atomic mass is 9.93. The molecule has 0 aromatic rings. The maximum absolute atomic E-state index is 3.79. The van der Waals surface area contributed by atoms with E-state index in [1.54, 1.807) is 0 Å². The zero-order valence-electron chi connectivity index (χ0n) is 9.34. The molecule has 76 valence electrons. The summed E-state index contributed by atoms with van der Waals surface area (Å²) in [5, 5.41) is 0. The van der Waals surface area contributed by atoms with Gasteiger partial charge in [0.05, 0.1) is 0 Å². The summed E-state index contributed by atoms with van der Waals surface area (Å²) in [7, 11) is 0. The van der Waals surface area contributed by atoms with E-state index in [4.69, 9.17) is 0 Å². The highest BCUT2D eigenvalue weighted by atomic mass is 15.2. The number of nitrogens with zero attached hydrogens (tertiary/aromatic N) is 1. The topological polar surface area (TPSA) is 3.24 Å². The smallest absolute Gasteiger partial charge is 0.0182 e. The Labute approximate surface area is 83.1 Å². The van der Waals surface area contributed by atoms with E-state index in [9.17, 15) is 0 Å². The normalized spacial score (nSPS) is 11.7. The molecule has 0 amide bonds. The molecule has 0 rings (SSSR count). The molecule has 0 saturated carbocycles. The minimum atomic E-state index is 0.294. The lowest BCUT2D eigenvalue weighted by Gasteiger charge is -2.39. The molecule has 0 bridgehead atoms. The predicted octanol–water partition coefficient (Wildman–Crippen LogP) is 3.24. The third-order valence-electron chi connectivity index (χ3n) is 2.99. The Morgan fingerprint density at radius 1 is 1.08 bits per heavy atom. The van der Waals surface area contributed by atoms with Crippen molar-refractivity contribution in [2.75, 3.05) is 13.1 Å². The predicted molar refractivity (Wildman–Crippen MR) is 61.0 cm³/mol. The van der Waals surface area contributed by atoms with Crippen molar-refractivity contribution in [3.63, 3.8) is 0 Å². The molecule has 0 radical (unpaired) electrons. The molecule has 0 saturated heterocycles. The summed E-state index contributed by atoms with van der Waals surface area (Å²) in [6.45, 7) is 16.3. The van der Waals surface area contributed by atoms with Gasteiger partial charge >= 0.3 is 0 Å². The first-order valence-corrected chi connectivity index (χ1v) is 5.11. The Hall–Kier alpha value is -0.560. The first kappa shape index (κ1) is 12.4. The lowest BCUT2D eigenvalue weighted by Crippen LogP contribution is -2.45. The highest BCUT2D eigenvalue weighted by molar-refractivity contribution is 4.91. The molecule has 0 spiro atoms. The van der Waals surface area contributed by atoms with Crippen LogP contribution in [-0.4, -0.2) is 23.5 Å². The van der Waals surface area contributed by atoms with Crippen LogP contribution in [0.1, 0.15) is 33.6 Å². The zero-order chi connectivity index (χ0) is 10.3. The fraction of sp³-hybridized carbons (Fsp3) is 0.667. The van der Waals surface area contributed by atoms with Gasteiger partial charge in [0.15, 0.2) is 0 Å². The van der Waals surface area contributed by atoms with Gasteiger partial charge in [-0.1, -0.05) is 26.0 Å². The monoisotopic (exact) mass is 181 g/mol. The van der Waals surface area contributed by atoms with Gasteiger partial charge in [-0.25, -0.2) is 0 Å². The van der Waals surface area contributed by atoms with E-state index < -0.39 is 0 Å². The van der Waals surface area contributed by atoms with E-state index in [2.05, 4.69) is 38.8 Å². The molecule has 0 unspecified atom stereocenters. The van der Waals surface area contributed by atoms with E-state index in [1.165, 1.54) is 12.8 Å². The number of rotatable bonds is 7. The molecule has 1 nitrogen and oxygen atoms in total. The van der Waals surface area contributed by atoms with Crippen molar-refractivity contribution in [3.8, 4) is 0 Å². The van der Waals surface area contributed by atoms with E-state index >= 15 is 0 Å². The van der Waals surface area contributed by atoms with Crippen molar-refractivity contribution >= 4 is 0 Å². The second kappa shape index (κ2) is 5.98. The van der Waals surface area contributed by atoms with Gasteiger partial charge in [-0.3, -0.25) is 4.90 Å². The summed E-state index contributed by atoms with van der Waals surface area (Å²) in [6.07, 6.45) is 6.27. The third kappa shape index (κ3) is 3.35. The van der Waals surface area contributed by atoms with Crippen LogP contribution in [0.2, 0.25) is 0 Å². The van der Waals surface area contributed by atoms with Gasteiger partial charge in [0.2, 0.25) is 0 Å². The minimum absolute atomic E-state index is 0.294. The average Bonchev–Trinajstić information content (AvgIpc) is 2.16. The summed E-state index contributed by atoms with van der Waals surface area (Å²) >= 11 is 0. The van der Waals surface area contributed by atoms with Crippen LogP contribution in [0.3, 0.4) is 0 Å². The van der Waals surface area contributed by atoms with Gasteiger partial charge in [0.1, 0.15) is 0 Å². The van der Waals surface area contributed by atoms with Gasteiger partial charge in [0, 0.05) is 18.6 Å². The summed E-state index contributed by atoms with van der Waals surface area (Å²) in [6, 6.07) is 0. The second-order valence-corrected chi connectivity index (χ2v) is 3.69. The van der Waals surface area contributed by atoms with E-state index in [-0.39, 0.29) is 0 Å².